The number of hydrogen-bond acceptors (Lipinski definition) is 6. The van der Waals surface area contributed by atoms with Gasteiger partial charge in [-0.3, -0.25) is 9.59 Å². The highest BCUT2D eigenvalue weighted by atomic mass is 16.2. The van der Waals surface area contributed by atoms with E-state index in [-0.39, 0.29) is 17.4 Å². The monoisotopic (exact) mass is 404 g/mol. The molecule has 1 aliphatic heterocycles. The van der Waals surface area contributed by atoms with Crippen molar-refractivity contribution in [3.63, 3.8) is 0 Å². The minimum atomic E-state index is -0.148. The third-order valence-corrected chi connectivity index (χ3v) is 5.51. The Bertz CT molecular complexity index is 1240. The highest BCUT2D eigenvalue weighted by molar-refractivity contribution is 5.97. The average Bonchev–Trinajstić information content (AvgIpc) is 3.47. The third kappa shape index (κ3) is 3.47. The number of aromatic amines is 1. The van der Waals surface area contributed by atoms with Crippen LogP contribution in [0.2, 0.25) is 0 Å². The summed E-state index contributed by atoms with van der Waals surface area (Å²) in [7, 11) is 0. The van der Waals surface area contributed by atoms with Crippen molar-refractivity contribution in [2.45, 2.75) is 19.4 Å². The Balaban J connectivity index is 1.24. The zero-order valence-corrected chi connectivity index (χ0v) is 16.2. The molecule has 4 heterocycles. The van der Waals surface area contributed by atoms with Gasteiger partial charge in [0, 0.05) is 31.3 Å². The lowest BCUT2D eigenvalue weighted by Crippen LogP contribution is -2.40. The molecule has 0 saturated carbocycles. The van der Waals surface area contributed by atoms with Crippen molar-refractivity contribution in [1.82, 2.24) is 39.4 Å². The van der Waals surface area contributed by atoms with Crippen LogP contribution < -0.4 is 5.56 Å². The summed E-state index contributed by atoms with van der Waals surface area (Å²) in [5.41, 5.74) is 2.21. The molecule has 3 aromatic heterocycles. The first-order chi connectivity index (χ1) is 14.7. The van der Waals surface area contributed by atoms with E-state index in [0.29, 0.717) is 31.0 Å². The van der Waals surface area contributed by atoms with Crippen LogP contribution in [0.25, 0.3) is 16.9 Å². The number of piperidine rings is 1. The molecule has 0 aliphatic carbocycles. The van der Waals surface area contributed by atoms with Gasteiger partial charge in [0.25, 0.3) is 11.5 Å². The van der Waals surface area contributed by atoms with Crippen LogP contribution in [0.15, 0.2) is 54.1 Å². The van der Waals surface area contributed by atoms with Crippen LogP contribution in [0.3, 0.4) is 0 Å². The number of H-pyrrole nitrogens is 1. The largest absolute Gasteiger partial charge is 0.345 e. The molecule has 10 nitrogen and oxygen atoms in total. The summed E-state index contributed by atoms with van der Waals surface area (Å²) >= 11 is 0. The van der Waals surface area contributed by atoms with Crippen LogP contribution in [0.1, 0.15) is 23.2 Å². The predicted molar refractivity (Wildman–Crippen MR) is 108 cm³/mol. The molecule has 30 heavy (non-hydrogen) atoms. The summed E-state index contributed by atoms with van der Waals surface area (Å²) in [5, 5.41) is 8.46. The number of nitrogens with zero attached hydrogens (tertiary/aromatic N) is 7. The number of imidazole rings is 1. The highest BCUT2D eigenvalue weighted by Crippen LogP contribution is 2.21. The van der Waals surface area contributed by atoms with Gasteiger partial charge in [0.15, 0.2) is 5.82 Å². The fourth-order valence-corrected chi connectivity index (χ4v) is 3.83. The lowest BCUT2D eigenvalue weighted by molar-refractivity contribution is 0.0680. The molecule has 0 atom stereocenters. The molecule has 1 aliphatic rings. The van der Waals surface area contributed by atoms with E-state index >= 15 is 0 Å². The summed E-state index contributed by atoms with van der Waals surface area (Å²) in [6.45, 7) is 1.83. The van der Waals surface area contributed by atoms with Crippen LogP contribution in [0, 0.1) is 5.92 Å². The third-order valence-electron chi connectivity index (χ3n) is 5.51. The van der Waals surface area contributed by atoms with Crippen LogP contribution >= 0.6 is 0 Å². The van der Waals surface area contributed by atoms with Gasteiger partial charge in [-0.25, -0.2) is 19.3 Å². The number of carbonyl (C=O) groups excluding carboxylic acids is 1. The van der Waals surface area contributed by atoms with E-state index in [1.54, 1.807) is 18.7 Å². The molecule has 1 aromatic carbocycles. The molecule has 5 rings (SSSR count). The minimum Gasteiger partial charge on any atom is -0.345 e. The minimum absolute atomic E-state index is 0.0217. The van der Waals surface area contributed by atoms with Crippen molar-refractivity contribution in [3.05, 3.63) is 65.2 Å². The molecule has 0 radical (unpaired) electrons. The molecule has 1 amide bonds. The maximum atomic E-state index is 12.9. The summed E-state index contributed by atoms with van der Waals surface area (Å²) in [4.78, 5) is 38.1. The number of hydrogen-bond donors (Lipinski definition) is 1. The highest BCUT2D eigenvalue weighted by Gasteiger charge is 2.24. The molecular formula is C20H20N8O2. The fourth-order valence-electron chi connectivity index (χ4n) is 3.83. The number of aromatic nitrogens is 7. The van der Waals surface area contributed by atoms with Crippen LogP contribution in [0.4, 0.5) is 0 Å². The molecule has 4 aromatic rings. The van der Waals surface area contributed by atoms with Crippen molar-refractivity contribution < 1.29 is 4.79 Å². The number of rotatable bonds is 4. The van der Waals surface area contributed by atoms with Gasteiger partial charge in [0.2, 0.25) is 0 Å². The maximum absolute atomic E-state index is 12.9. The first-order valence-electron chi connectivity index (χ1n) is 9.83. The van der Waals surface area contributed by atoms with Gasteiger partial charge < -0.3 is 9.88 Å². The Morgan fingerprint density at radius 2 is 2.03 bits per heavy atom. The second-order valence-electron chi connectivity index (χ2n) is 7.42. The number of fused-ring (bicyclic) bond motifs is 1. The van der Waals surface area contributed by atoms with Crippen LogP contribution in [0.5, 0.6) is 0 Å². The molecule has 0 bridgehead atoms. The standard InChI is InChI=1S/C20H20N8O2/c29-19-4-3-18(28-13-21-11-24-28)25-27(19)10-14-5-7-26(8-6-14)20(30)15-1-2-16-17(9-15)23-12-22-16/h1-4,9,11-14H,5-8,10H2,(H,22,23). The number of carbonyl (C=O) groups is 1. The van der Waals surface area contributed by atoms with E-state index in [1.807, 2.05) is 23.1 Å². The molecule has 1 N–H and O–H groups in total. The number of likely N-dealkylation sites (tertiary alicyclic amines) is 1. The molecule has 1 saturated heterocycles. The predicted octanol–water partition coefficient (Wildman–Crippen LogP) is 1.25. The van der Waals surface area contributed by atoms with E-state index in [2.05, 4.69) is 25.1 Å². The maximum Gasteiger partial charge on any atom is 0.266 e. The summed E-state index contributed by atoms with van der Waals surface area (Å²) in [6.07, 6.45) is 6.23. The first-order valence-corrected chi connectivity index (χ1v) is 9.83. The second kappa shape index (κ2) is 7.54. The van der Waals surface area contributed by atoms with Crippen molar-refractivity contribution in [1.29, 1.82) is 0 Å². The van der Waals surface area contributed by atoms with Gasteiger partial charge in [0.05, 0.1) is 17.4 Å². The van der Waals surface area contributed by atoms with Crippen molar-refractivity contribution in [2.75, 3.05) is 13.1 Å². The number of amides is 1. The summed E-state index contributed by atoms with van der Waals surface area (Å²) < 4.78 is 3.00. The van der Waals surface area contributed by atoms with E-state index in [0.717, 1.165) is 23.9 Å². The quantitative estimate of drug-likeness (QED) is 0.548. The van der Waals surface area contributed by atoms with Gasteiger partial charge in [-0.05, 0) is 43.0 Å². The summed E-state index contributed by atoms with van der Waals surface area (Å²) in [5.74, 6) is 0.850. The summed E-state index contributed by atoms with van der Waals surface area (Å²) in [6, 6.07) is 8.64. The zero-order valence-electron chi connectivity index (χ0n) is 16.2. The fraction of sp³-hybridized carbons (Fsp3) is 0.300. The average molecular weight is 404 g/mol. The van der Waals surface area contributed by atoms with Crippen LogP contribution in [-0.2, 0) is 6.54 Å². The molecule has 10 heteroatoms. The SMILES string of the molecule is O=C(c1ccc2nc[nH]c2c1)N1CCC(Cn2nc(-n3cncn3)ccc2=O)CC1. The number of benzene rings is 1. The Kier molecular flexibility index (Phi) is 4.58. The van der Waals surface area contributed by atoms with Gasteiger partial charge >= 0.3 is 0 Å². The van der Waals surface area contributed by atoms with Crippen molar-refractivity contribution in [3.8, 4) is 5.82 Å². The normalized spacial score (nSPS) is 15.0. The van der Waals surface area contributed by atoms with Gasteiger partial charge in [-0.15, -0.1) is 5.10 Å². The van der Waals surface area contributed by atoms with Gasteiger partial charge in [-0.2, -0.15) is 5.10 Å². The Morgan fingerprint density at radius 3 is 2.83 bits per heavy atom. The Hall–Kier alpha value is -3.82. The van der Waals surface area contributed by atoms with E-state index in [9.17, 15) is 9.59 Å². The lowest BCUT2D eigenvalue weighted by Gasteiger charge is -2.32. The Labute approximate surface area is 171 Å². The zero-order chi connectivity index (χ0) is 20.5. The van der Waals surface area contributed by atoms with Crippen molar-refractivity contribution in [2.24, 2.45) is 5.92 Å². The first kappa shape index (κ1) is 18.2. The van der Waals surface area contributed by atoms with Crippen molar-refractivity contribution >= 4 is 16.9 Å². The smallest absolute Gasteiger partial charge is 0.266 e. The topological polar surface area (TPSA) is 115 Å². The Morgan fingerprint density at radius 1 is 1.17 bits per heavy atom. The lowest BCUT2D eigenvalue weighted by atomic mass is 9.96. The molecule has 0 unspecified atom stereocenters. The second-order valence-corrected chi connectivity index (χ2v) is 7.42. The van der Waals surface area contributed by atoms with E-state index in [4.69, 9.17) is 0 Å². The van der Waals surface area contributed by atoms with E-state index in [1.165, 1.54) is 21.8 Å². The number of nitrogens with one attached hydrogen (secondary N) is 1. The molecular weight excluding hydrogens is 384 g/mol. The van der Waals surface area contributed by atoms with Gasteiger partial charge in [0.1, 0.15) is 12.7 Å². The molecule has 0 spiro atoms. The molecule has 1 fully saturated rings. The molecule has 152 valence electrons. The van der Waals surface area contributed by atoms with E-state index < -0.39 is 0 Å². The van der Waals surface area contributed by atoms with Crippen LogP contribution in [-0.4, -0.2) is 58.4 Å². The van der Waals surface area contributed by atoms with Gasteiger partial charge in [-0.1, -0.05) is 0 Å².